The van der Waals surface area contributed by atoms with Crippen LogP contribution in [-0.2, 0) is 6.54 Å². The SMILES string of the molecule is CN(Cc1ncc(-c2ccccc2)[nH]1)C(=O)c1ccc(-c2ncon2)cc1. The molecule has 2 heterocycles. The van der Waals surface area contributed by atoms with Crippen LogP contribution < -0.4 is 0 Å². The minimum absolute atomic E-state index is 0.0904. The highest BCUT2D eigenvalue weighted by molar-refractivity contribution is 5.94. The monoisotopic (exact) mass is 359 g/mol. The Morgan fingerprint density at radius 1 is 1.04 bits per heavy atom. The van der Waals surface area contributed by atoms with Crippen molar-refractivity contribution in [1.29, 1.82) is 0 Å². The van der Waals surface area contributed by atoms with Gasteiger partial charge in [-0.25, -0.2) is 4.98 Å². The van der Waals surface area contributed by atoms with E-state index in [9.17, 15) is 4.79 Å². The highest BCUT2D eigenvalue weighted by Crippen LogP contribution is 2.18. The molecule has 4 aromatic rings. The second kappa shape index (κ2) is 7.25. The molecule has 0 fully saturated rings. The zero-order valence-corrected chi connectivity index (χ0v) is 14.7. The number of amides is 1. The van der Waals surface area contributed by atoms with Crippen molar-refractivity contribution in [3.05, 3.63) is 78.6 Å². The molecule has 0 saturated heterocycles. The van der Waals surface area contributed by atoms with E-state index < -0.39 is 0 Å². The van der Waals surface area contributed by atoms with Crippen molar-refractivity contribution in [2.75, 3.05) is 7.05 Å². The number of carbonyl (C=O) groups excluding carboxylic acids is 1. The first-order chi connectivity index (χ1) is 13.2. The fourth-order valence-corrected chi connectivity index (χ4v) is 2.78. The minimum atomic E-state index is -0.0904. The quantitative estimate of drug-likeness (QED) is 0.590. The van der Waals surface area contributed by atoms with Crippen molar-refractivity contribution in [1.82, 2.24) is 25.0 Å². The molecule has 7 nitrogen and oxygen atoms in total. The highest BCUT2D eigenvalue weighted by atomic mass is 16.5. The van der Waals surface area contributed by atoms with Gasteiger partial charge in [-0.2, -0.15) is 4.98 Å². The number of rotatable bonds is 5. The number of hydrogen-bond donors (Lipinski definition) is 1. The molecule has 134 valence electrons. The molecule has 0 atom stereocenters. The molecule has 0 radical (unpaired) electrons. The Balaban J connectivity index is 1.44. The van der Waals surface area contributed by atoms with E-state index >= 15 is 0 Å². The fraction of sp³-hybridized carbons (Fsp3) is 0.100. The third-order valence-electron chi connectivity index (χ3n) is 4.20. The molecule has 0 aliphatic carbocycles. The smallest absolute Gasteiger partial charge is 0.254 e. The Hall–Kier alpha value is -3.74. The first kappa shape index (κ1) is 16.7. The number of aromatic nitrogens is 4. The van der Waals surface area contributed by atoms with Gasteiger partial charge in [0, 0.05) is 18.2 Å². The van der Waals surface area contributed by atoms with E-state index in [2.05, 4.69) is 20.1 Å². The third-order valence-corrected chi connectivity index (χ3v) is 4.20. The highest BCUT2D eigenvalue weighted by Gasteiger charge is 2.14. The summed E-state index contributed by atoms with van der Waals surface area (Å²) in [5.41, 5.74) is 3.36. The molecule has 27 heavy (non-hydrogen) atoms. The summed E-state index contributed by atoms with van der Waals surface area (Å²) in [6.45, 7) is 0.387. The number of aromatic amines is 1. The van der Waals surface area contributed by atoms with Crippen LogP contribution in [0.5, 0.6) is 0 Å². The van der Waals surface area contributed by atoms with Crippen LogP contribution in [-0.4, -0.2) is 38.0 Å². The number of benzene rings is 2. The number of H-pyrrole nitrogens is 1. The van der Waals surface area contributed by atoms with Gasteiger partial charge in [-0.15, -0.1) is 0 Å². The van der Waals surface area contributed by atoms with Crippen LogP contribution in [0.25, 0.3) is 22.6 Å². The lowest BCUT2D eigenvalue weighted by atomic mass is 10.1. The lowest BCUT2D eigenvalue weighted by Gasteiger charge is -2.16. The van der Waals surface area contributed by atoms with Crippen LogP contribution in [0.2, 0.25) is 0 Å². The van der Waals surface area contributed by atoms with Gasteiger partial charge in [-0.1, -0.05) is 47.6 Å². The van der Waals surface area contributed by atoms with Gasteiger partial charge in [0.05, 0.1) is 18.4 Å². The number of imidazole rings is 1. The Morgan fingerprint density at radius 3 is 2.52 bits per heavy atom. The average molecular weight is 359 g/mol. The summed E-state index contributed by atoms with van der Waals surface area (Å²) >= 11 is 0. The number of carbonyl (C=O) groups is 1. The molecular formula is C20H17N5O2. The molecule has 4 rings (SSSR count). The van der Waals surface area contributed by atoms with Crippen LogP contribution in [0, 0.1) is 0 Å². The van der Waals surface area contributed by atoms with Crippen LogP contribution in [0.15, 0.2) is 71.7 Å². The molecule has 0 unspecified atom stereocenters. The summed E-state index contributed by atoms with van der Waals surface area (Å²) in [4.78, 5) is 25.9. The van der Waals surface area contributed by atoms with Crippen molar-refractivity contribution in [3.63, 3.8) is 0 Å². The molecule has 2 aromatic heterocycles. The van der Waals surface area contributed by atoms with E-state index in [0.717, 1.165) is 22.6 Å². The summed E-state index contributed by atoms with van der Waals surface area (Å²) in [5, 5.41) is 3.79. The zero-order valence-electron chi connectivity index (χ0n) is 14.7. The maximum Gasteiger partial charge on any atom is 0.254 e. The van der Waals surface area contributed by atoms with Gasteiger partial charge >= 0.3 is 0 Å². The molecule has 2 aromatic carbocycles. The van der Waals surface area contributed by atoms with E-state index in [1.807, 2.05) is 30.3 Å². The van der Waals surface area contributed by atoms with Crippen LogP contribution in [0.1, 0.15) is 16.2 Å². The molecule has 0 spiro atoms. The second-order valence-electron chi connectivity index (χ2n) is 6.10. The van der Waals surface area contributed by atoms with Crippen LogP contribution in [0.3, 0.4) is 0 Å². The summed E-state index contributed by atoms with van der Waals surface area (Å²) in [5.74, 6) is 1.13. The van der Waals surface area contributed by atoms with Gasteiger partial charge in [-0.3, -0.25) is 4.79 Å². The summed E-state index contributed by atoms with van der Waals surface area (Å²) in [7, 11) is 1.75. The molecule has 1 amide bonds. The van der Waals surface area contributed by atoms with Crippen molar-refractivity contribution in [2.24, 2.45) is 0 Å². The van der Waals surface area contributed by atoms with Gasteiger partial charge in [0.25, 0.3) is 5.91 Å². The van der Waals surface area contributed by atoms with Gasteiger partial charge in [0.1, 0.15) is 5.82 Å². The zero-order chi connectivity index (χ0) is 18.6. The molecule has 0 bridgehead atoms. The Bertz CT molecular complexity index is 1020. The number of hydrogen-bond acceptors (Lipinski definition) is 5. The molecule has 0 aliphatic heterocycles. The van der Waals surface area contributed by atoms with Gasteiger partial charge < -0.3 is 14.4 Å². The molecule has 0 aliphatic rings. The maximum atomic E-state index is 12.7. The summed E-state index contributed by atoms with van der Waals surface area (Å²) < 4.78 is 4.74. The van der Waals surface area contributed by atoms with Crippen LogP contribution >= 0.6 is 0 Å². The Morgan fingerprint density at radius 2 is 1.81 bits per heavy atom. The molecule has 7 heteroatoms. The van der Waals surface area contributed by atoms with E-state index in [1.54, 1.807) is 42.4 Å². The predicted molar refractivity (Wildman–Crippen MR) is 99.6 cm³/mol. The lowest BCUT2D eigenvalue weighted by Crippen LogP contribution is -2.26. The maximum absolute atomic E-state index is 12.7. The minimum Gasteiger partial charge on any atom is -0.342 e. The normalized spacial score (nSPS) is 10.7. The molecule has 1 N–H and O–H groups in total. The standard InChI is InChI=1S/C20H17N5O2/c1-25(12-18-21-11-17(23-18)14-5-3-2-4-6-14)20(26)16-9-7-15(8-10-16)19-22-13-27-24-19/h2-11,13H,12H2,1H3,(H,21,23). The lowest BCUT2D eigenvalue weighted by molar-refractivity contribution is 0.0782. The largest absolute Gasteiger partial charge is 0.342 e. The predicted octanol–water partition coefficient (Wildman–Crippen LogP) is 3.40. The number of nitrogens with zero attached hydrogens (tertiary/aromatic N) is 4. The topological polar surface area (TPSA) is 87.9 Å². The van der Waals surface area contributed by atoms with Gasteiger partial charge in [-0.05, 0) is 17.7 Å². The van der Waals surface area contributed by atoms with E-state index in [-0.39, 0.29) is 5.91 Å². The Labute approximate surface area is 155 Å². The number of nitrogens with one attached hydrogen (secondary N) is 1. The Kier molecular flexibility index (Phi) is 4.49. The molecule has 0 saturated carbocycles. The fourth-order valence-electron chi connectivity index (χ4n) is 2.78. The van der Waals surface area contributed by atoms with E-state index in [1.165, 1.54) is 6.39 Å². The average Bonchev–Trinajstić information content (AvgIpc) is 3.40. The molecular weight excluding hydrogens is 342 g/mol. The van der Waals surface area contributed by atoms with Crippen molar-refractivity contribution < 1.29 is 9.32 Å². The summed E-state index contributed by atoms with van der Waals surface area (Å²) in [6, 6.07) is 17.0. The van der Waals surface area contributed by atoms with Crippen molar-refractivity contribution >= 4 is 5.91 Å². The van der Waals surface area contributed by atoms with E-state index in [0.29, 0.717) is 17.9 Å². The second-order valence-corrected chi connectivity index (χ2v) is 6.10. The van der Waals surface area contributed by atoms with Crippen LogP contribution in [0.4, 0.5) is 0 Å². The summed E-state index contributed by atoms with van der Waals surface area (Å²) in [6.07, 6.45) is 3.05. The van der Waals surface area contributed by atoms with Gasteiger partial charge in [0.2, 0.25) is 12.2 Å². The third kappa shape index (κ3) is 3.62. The van der Waals surface area contributed by atoms with Crippen molar-refractivity contribution in [2.45, 2.75) is 6.54 Å². The van der Waals surface area contributed by atoms with E-state index in [4.69, 9.17) is 4.52 Å². The first-order valence-corrected chi connectivity index (χ1v) is 8.42. The van der Waals surface area contributed by atoms with Crippen molar-refractivity contribution in [3.8, 4) is 22.6 Å². The first-order valence-electron chi connectivity index (χ1n) is 8.42. The van der Waals surface area contributed by atoms with Gasteiger partial charge in [0.15, 0.2) is 0 Å².